The molecule has 3 heterocycles. The average Bonchev–Trinajstić information content (AvgIpc) is 3.70. The van der Waals surface area contributed by atoms with Crippen LogP contribution in [0, 0.1) is 0 Å². The van der Waals surface area contributed by atoms with Crippen molar-refractivity contribution in [2.45, 2.75) is 77.1 Å². The van der Waals surface area contributed by atoms with Gasteiger partial charge in [-0.15, -0.1) is 0 Å². The molecule has 0 bridgehead atoms. The highest BCUT2D eigenvalue weighted by atomic mass is 16.6. The summed E-state index contributed by atoms with van der Waals surface area (Å²) in [5.74, 6) is -1.04. The van der Waals surface area contributed by atoms with Crippen molar-refractivity contribution in [2.75, 3.05) is 52.5 Å². The summed E-state index contributed by atoms with van der Waals surface area (Å²) < 4.78 is 16.7. The van der Waals surface area contributed by atoms with Crippen LogP contribution in [0.5, 0.6) is 0 Å². The van der Waals surface area contributed by atoms with E-state index in [0.29, 0.717) is 57.0 Å². The van der Waals surface area contributed by atoms with E-state index in [-0.39, 0.29) is 37.5 Å². The number of rotatable bonds is 15. The Balaban J connectivity index is 1.48. The van der Waals surface area contributed by atoms with Crippen molar-refractivity contribution in [2.24, 2.45) is 0 Å². The molecule has 3 unspecified atom stereocenters. The van der Waals surface area contributed by atoms with Crippen LogP contribution >= 0.6 is 0 Å². The van der Waals surface area contributed by atoms with Gasteiger partial charge in [0.2, 0.25) is 0 Å². The lowest BCUT2D eigenvalue weighted by atomic mass is 10.0. The number of nitrogens with zero attached hydrogens (tertiary/aromatic N) is 3. The maximum absolute atomic E-state index is 12.5. The minimum absolute atomic E-state index is 0.111. The van der Waals surface area contributed by atoms with Gasteiger partial charge in [0.25, 0.3) is 0 Å². The lowest BCUT2D eigenvalue weighted by Crippen LogP contribution is -2.45. The molecule has 0 N–H and O–H groups in total. The molecule has 9 heteroatoms. The van der Waals surface area contributed by atoms with Crippen molar-refractivity contribution in [1.82, 2.24) is 14.7 Å². The van der Waals surface area contributed by atoms with E-state index >= 15 is 0 Å². The minimum atomic E-state index is -1.16. The predicted molar refractivity (Wildman–Crippen MR) is 118 cm³/mol. The normalized spacial score (nSPS) is 31.9. The molecule has 3 aliphatic heterocycles. The highest BCUT2D eigenvalue weighted by molar-refractivity contribution is 5.72. The Labute approximate surface area is 191 Å². The quantitative estimate of drug-likeness (QED) is 0.205. The first-order chi connectivity index (χ1) is 15.2. The Kier molecular flexibility index (Phi) is 8.52. The monoisotopic (exact) mass is 453 g/mol. The maximum atomic E-state index is 12.5. The summed E-state index contributed by atoms with van der Waals surface area (Å²) in [7, 11) is 0. The largest absolute Gasteiger partial charge is 0.461 e. The molecule has 0 radical (unpaired) electrons. The highest BCUT2D eigenvalue weighted by Gasteiger charge is 2.38. The van der Waals surface area contributed by atoms with Crippen molar-refractivity contribution < 1.29 is 28.6 Å². The summed E-state index contributed by atoms with van der Waals surface area (Å²) in [6, 6.07) is 1.56. The van der Waals surface area contributed by atoms with Gasteiger partial charge in [-0.2, -0.15) is 0 Å². The van der Waals surface area contributed by atoms with Gasteiger partial charge in [-0.25, -0.2) is 0 Å². The van der Waals surface area contributed by atoms with Crippen LogP contribution in [0.2, 0.25) is 0 Å². The molecular formula is C23H39N3O6. The first-order valence-corrected chi connectivity index (χ1v) is 12.0. The molecule has 0 aliphatic carbocycles. The standard InChI is InChI=1S/C23H39N3O6/c1-5-23(32-22(29)8-11-26-14-19(26)4,15-30-20(27)6-9-24-12-17(24)2)16-31-21(28)7-10-25-13-18(25)3/h17-19H,5-16H2,1-4H3/t17-,18-,19-,23?,24?,25?,26?/m0/s1. The van der Waals surface area contributed by atoms with Gasteiger partial charge in [-0.05, 0) is 27.2 Å². The van der Waals surface area contributed by atoms with E-state index < -0.39 is 5.60 Å². The molecule has 0 aromatic carbocycles. The van der Waals surface area contributed by atoms with Crippen LogP contribution in [0.25, 0.3) is 0 Å². The SMILES string of the molecule is CCC(COC(=O)CCN1C[C@@H]1C)(COC(=O)CCN1C[C@@H]1C)OC(=O)CCN1C[C@@H]1C. The molecular weight excluding hydrogens is 414 g/mol. The summed E-state index contributed by atoms with van der Waals surface area (Å²) in [5.41, 5.74) is -1.16. The van der Waals surface area contributed by atoms with Crippen LogP contribution in [0.1, 0.15) is 53.4 Å². The van der Waals surface area contributed by atoms with Crippen LogP contribution in [0.15, 0.2) is 0 Å². The second-order valence-electron chi connectivity index (χ2n) is 9.61. The van der Waals surface area contributed by atoms with Crippen molar-refractivity contribution in [1.29, 1.82) is 0 Å². The van der Waals surface area contributed by atoms with Crippen LogP contribution < -0.4 is 0 Å². The smallest absolute Gasteiger partial charge is 0.307 e. The number of hydrogen-bond donors (Lipinski definition) is 0. The fourth-order valence-electron chi connectivity index (χ4n) is 3.75. The molecule has 0 spiro atoms. The van der Waals surface area contributed by atoms with Crippen molar-refractivity contribution in [3.63, 3.8) is 0 Å². The lowest BCUT2D eigenvalue weighted by molar-refractivity contribution is -0.185. The minimum Gasteiger partial charge on any atom is -0.461 e. The van der Waals surface area contributed by atoms with E-state index in [1.54, 1.807) is 0 Å². The zero-order valence-electron chi connectivity index (χ0n) is 20.0. The van der Waals surface area contributed by atoms with Gasteiger partial charge in [0.05, 0.1) is 19.3 Å². The van der Waals surface area contributed by atoms with Crippen LogP contribution in [0.3, 0.4) is 0 Å². The Morgan fingerprint density at radius 2 is 1.06 bits per heavy atom. The van der Waals surface area contributed by atoms with Crippen LogP contribution in [-0.2, 0) is 28.6 Å². The fourth-order valence-corrected chi connectivity index (χ4v) is 3.75. The van der Waals surface area contributed by atoms with E-state index in [0.717, 1.165) is 19.6 Å². The van der Waals surface area contributed by atoms with Crippen molar-refractivity contribution >= 4 is 17.9 Å². The Morgan fingerprint density at radius 3 is 1.38 bits per heavy atom. The van der Waals surface area contributed by atoms with Crippen molar-refractivity contribution in [3.8, 4) is 0 Å². The van der Waals surface area contributed by atoms with Gasteiger partial charge in [0.1, 0.15) is 13.2 Å². The Hall–Kier alpha value is -1.71. The summed E-state index contributed by atoms with van der Waals surface area (Å²) >= 11 is 0. The van der Waals surface area contributed by atoms with Gasteiger partial charge in [0.15, 0.2) is 5.60 Å². The van der Waals surface area contributed by atoms with Gasteiger partial charge in [-0.3, -0.25) is 29.1 Å². The summed E-state index contributed by atoms with van der Waals surface area (Å²) in [4.78, 5) is 43.5. The molecule has 0 aromatic rings. The van der Waals surface area contributed by atoms with E-state index in [1.807, 2.05) is 6.92 Å². The van der Waals surface area contributed by atoms with E-state index in [9.17, 15) is 14.4 Å². The molecule has 0 amide bonds. The number of esters is 3. The number of carbonyl (C=O) groups is 3. The Bertz CT molecular complexity index is 651. The van der Waals surface area contributed by atoms with Gasteiger partial charge < -0.3 is 14.2 Å². The summed E-state index contributed by atoms with van der Waals surface area (Å²) in [6.07, 6.45) is 1.22. The second-order valence-corrected chi connectivity index (χ2v) is 9.61. The van der Waals surface area contributed by atoms with Crippen LogP contribution in [0.4, 0.5) is 0 Å². The average molecular weight is 454 g/mol. The second kappa shape index (κ2) is 10.9. The molecule has 3 saturated heterocycles. The first-order valence-electron chi connectivity index (χ1n) is 12.0. The summed E-state index contributed by atoms with van der Waals surface area (Å²) in [5, 5.41) is 0. The molecule has 32 heavy (non-hydrogen) atoms. The molecule has 3 aliphatic rings. The fraction of sp³-hybridized carbons (Fsp3) is 0.870. The summed E-state index contributed by atoms with van der Waals surface area (Å²) in [6.45, 7) is 12.9. The van der Waals surface area contributed by atoms with Crippen molar-refractivity contribution in [3.05, 3.63) is 0 Å². The first kappa shape index (κ1) is 24.9. The van der Waals surface area contributed by atoms with E-state index in [2.05, 4.69) is 35.5 Å². The number of hydrogen-bond acceptors (Lipinski definition) is 9. The molecule has 0 saturated carbocycles. The third kappa shape index (κ3) is 8.01. The van der Waals surface area contributed by atoms with E-state index in [1.165, 1.54) is 0 Å². The molecule has 6 atom stereocenters. The Morgan fingerprint density at radius 1 is 0.719 bits per heavy atom. The molecule has 3 fully saturated rings. The zero-order chi connectivity index (χ0) is 23.3. The molecule has 0 aromatic heterocycles. The highest BCUT2D eigenvalue weighted by Crippen LogP contribution is 2.22. The molecule has 182 valence electrons. The van der Waals surface area contributed by atoms with Gasteiger partial charge in [0, 0.05) is 57.4 Å². The van der Waals surface area contributed by atoms with Crippen LogP contribution in [-0.4, -0.2) is 109 Å². The lowest BCUT2D eigenvalue weighted by Gasteiger charge is -2.31. The van der Waals surface area contributed by atoms with Gasteiger partial charge in [-0.1, -0.05) is 6.92 Å². The third-order valence-electron chi connectivity index (χ3n) is 6.74. The van der Waals surface area contributed by atoms with E-state index in [4.69, 9.17) is 14.2 Å². The number of ether oxygens (including phenoxy) is 3. The topological polar surface area (TPSA) is 87.9 Å². The zero-order valence-corrected chi connectivity index (χ0v) is 20.0. The number of carbonyl (C=O) groups excluding carboxylic acids is 3. The predicted octanol–water partition coefficient (Wildman–Crippen LogP) is 1.05. The molecule has 9 nitrogen and oxygen atoms in total. The third-order valence-corrected chi connectivity index (χ3v) is 6.74. The van der Waals surface area contributed by atoms with Gasteiger partial charge >= 0.3 is 17.9 Å². The maximum Gasteiger partial charge on any atom is 0.307 e. The molecule has 3 rings (SSSR count).